The Balaban J connectivity index is 1.83. The zero-order valence-electron chi connectivity index (χ0n) is 14.2. The van der Waals surface area contributed by atoms with Gasteiger partial charge in [-0.25, -0.2) is 9.78 Å². The van der Waals surface area contributed by atoms with Crippen molar-refractivity contribution in [1.82, 2.24) is 20.2 Å². The molecule has 128 valence electrons. The number of hydrogen-bond acceptors (Lipinski definition) is 5. The van der Waals surface area contributed by atoms with E-state index in [0.29, 0.717) is 18.9 Å². The number of urea groups is 1. The summed E-state index contributed by atoms with van der Waals surface area (Å²) < 4.78 is 5.36. The molecule has 1 aromatic heterocycles. The topological polar surface area (TPSA) is 79.4 Å². The highest BCUT2D eigenvalue weighted by Crippen LogP contribution is 2.27. The van der Waals surface area contributed by atoms with Gasteiger partial charge in [-0.05, 0) is 13.0 Å². The molecule has 0 radical (unpaired) electrons. The molecule has 0 spiro atoms. The van der Waals surface area contributed by atoms with Crippen LogP contribution in [0.25, 0.3) is 0 Å². The molecule has 0 bridgehead atoms. The van der Waals surface area contributed by atoms with E-state index in [1.165, 1.54) is 0 Å². The lowest BCUT2D eigenvalue weighted by Gasteiger charge is -2.26. The van der Waals surface area contributed by atoms with Gasteiger partial charge < -0.3 is 20.3 Å². The highest BCUT2D eigenvalue weighted by atomic mass is 16.5. The number of nitrogens with zero attached hydrogens (tertiary/aromatic N) is 3. The van der Waals surface area contributed by atoms with Crippen LogP contribution in [0.2, 0.25) is 0 Å². The van der Waals surface area contributed by atoms with E-state index in [9.17, 15) is 4.79 Å². The van der Waals surface area contributed by atoms with Gasteiger partial charge >= 0.3 is 6.03 Å². The van der Waals surface area contributed by atoms with Crippen molar-refractivity contribution >= 4 is 11.8 Å². The molecule has 0 saturated carbocycles. The molecule has 0 aliphatic carbocycles. The quantitative estimate of drug-likeness (QED) is 0.762. The second-order valence-corrected chi connectivity index (χ2v) is 5.28. The van der Waals surface area contributed by atoms with E-state index in [2.05, 4.69) is 20.6 Å². The maximum Gasteiger partial charge on any atom is 0.317 e. The second kappa shape index (κ2) is 8.71. The molecule has 1 atom stereocenters. The molecular weight excluding hydrogens is 306 g/mol. The van der Waals surface area contributed by atoms with Crippen LogP contribution in [-0.4, -0.2) is 48.1 Å². The normalized spacial score (nSPS) is 11.5. The van der Waals surface area contributed by atoms with Crippen molar-refractivity contribution in [2.75, 3.05) is 32.6 Å². The molecule has 2 amide bonds. The van der Waals surface area contributed by atoms with Gasteiger partial charge in [0.25, 0.3) is 0 Å². The first-order valence-corrected chi connectivity index (χ1v) is 7.77. The summed E-state index contributed by atoms with van der Waals surface area (Å²) in [5.74, 6) is 1.46. The smallest absolute Gasteiger partial charge is 0.317 e. The number of nitrogens with one attached hydrogen (secondary N) is 2. The fraction of sp³-hybridized carbons (Fsp3) is 0.353. The van der Waals surface area contributed by atoms with Crippen LogP contribution in [-0.2, 0) is 0 Å². The van der Waals surface area contributed by atoms with Crippen molar-refractivity contribution < 1.29 is 9.53 Å². The highest BCUT2D eigenvalue weighted by Gasteiger charge is 2.19. The van der Waals surface area contributed by atoms with E-state index in [-0.39, 0.29) is 12.1 Å². The Hall–Kier alpha value is -2.83. The Bertz CT molecular complexity index is 650. The summed E-state index contributed by atoms with van der Waals surface area (Å²) in [6.07, 6.45) is 4.86. The molecule has 2 rings (SSSR count). The van der Waals surface area contributed by atoms with Crippen molar-refractivity contribution in [2.24, 2.45) is 0 Å². The predicted octanol–water partition coefficient (Wildman–Crippen LogP) is 2.30. The van der Waals surface area contributed by atoms with Gasteiger partial charge in [0.05, 0.1) is 19.3 Å². The molecule has 2 aromatic rings. The van der Waals surface area contributed by atoms with Crippen molar-refractivity contribution in [3.05, 3.63) is 48.4 Å². The number of para-hydroxylation sites is 1. The largest absolute Gasteiger partial charge is 0.496 e. The molecule has 24 heavy (non-hydrogen) atoms. The molecule has 7 heteroatoms. The lowest BCUT2D eigenvalue weighted by atomic mass is 10.1. The number of ether oxygens (including phenoxy) is 1. The van der Waals surface area contributed by atoms with Crippen molar-refractivity contribution in [3.63, 3.8) is 0 Å². The first kappa shape index (κ1) is 17.5. The van der Waals surface area contributed by atoms with E-state index in [1.54, 1.807) is 37.6 Å². The van der Waals surface area contributed by atoms with E-state index in [4.69, 9.17) is 4.74 Å². The summed E-state index contributed by atoms with van der Waals surface area (Å²) in [4.78, 5) is 22.0. The molecule has 0 aliphatic heterocycles. The number of hydrogen-bond donors (Lipinski definition) is 2. The molecular formula is C17H23N5O2. The van der Waals surface area contributed by atoms with Gasteiger partial charge in [-0.3, -0.25) is 4.98 Å². The number of amides is 2. The molecule has 0 aliphatic rings. The number of aromatic nitrogens is 2. The minimum Gasteiger partial charge on any atom is -0.496 e. The third kappa shape index (κ3) is 4.58. The average molecular weight is 329 g/mol. The standard InChI is InChI=1S/C17H23N5O2/c1-13(14-6-4-5-7-15(14)24-3)22(2)17(23)21-11-10-20-16-12-18-8-9-19-16/h4-9,12-13H,10-11H2,1-3H3,(H,19,20)(H,21,23)/t13-/m1/s1. The van der Waals surface area contributed by atoms with Crippen LogP contribution in [0.15, 0.2) is 42.9 Å². The summed E-state index contributed by atoms with van der Waals surface area (Å²) >= 11 is 0. The van der Waals surface area contributed by atoms with E-state index in [1.807, 2.05) is 31.2 Å². The Morgan fingerprint density at radius 3 is 2.79 bits per heavy atom. The summed E-state index contributed by atoms with van der Waals surface area (Å²) in [5, 5.41) is 5.97. The first-order chi connectivity index (χ1) is 11.6. The van der Waals surface area contributed by atoms with E-state index < -0.39 is 0 Å². The van der Waals surface area contributed by atoms with E-state index in [0.717, 1.165) is 11.3 Å². The molecule has 2 N–H and O–H groups in total. The molecule has 7 nitrogen and oxygen atoms in total. The zero-order valence-corrected chi connectivity index (χ0v) is 14.2. The van der Waals surface area contributed by atoms with Gasteiger partial charge in [0.2, 0.25) is 0 Å². The number of benzene rings is 1. The van der Waals surface area contributed by atoms with Gasteiger partial charge in [0, 0.05) is 38.1 Å². The average Bonchev–Trinajstić information content (AvgIpc) is 2.64. The number of anilines is 1. The zero-order chi connectivity index (χ0) is 17.4. The van der Waals surface area contributed by atoms with Crippen LogP contribution >= 0.6 is 0 Å². The van der Waals surface area contributed by atoms with Crippen molar-refractivity contribution in [2.45, 2.75) is 13.0 Å². The minimum absolute atomic E-state index is 0.103. The fourth-order valence-corrected chi connectivity index (χ4v) is 2.27. The molecule has 0 fully saturated rings. The van der Waals surface area contributed by atoms with E-state index >= 15 is 0 Å². The van der Waals surface area contributed by atoms with Crippen molar-refractivity contribution in [3.8, 4) is 5.75 Å². The Morgan fingerprint density at radius 1 is 1.29 bits per heavy atom. The summed E-state index contributed by atoms with van der Waals surface area (Å²) in [7, 11) is 3.40. The van der Waals surface area contributed by atoms with Gasteiger partial charge in [-0.2, -0.15) is 0 Å². The monoisotopic (exact) mass is 329 g/mol. The molecule has 0 unspecified atom stereocenters. The third-order valence-corrected chi connectivity index (χ3v) is 3.76. The van der Waals surface area contributed by atoms with Gasteiger partial charge in [0.15, 0.2) is 0 Å². The Morgan fingerprint density at radius 2 is 2.08 bits per heavy atom. The summed E-state index contributed by atoms with van der Waals surface area (Å²) in [6, 6.07) is 7.45. The number of carbonyl (C=O) groups excluding carboxylic acids is 1. The van der Waals surface area contributed by atoms with Crippen LogP contribution in [0.4, 0.5) is 10.6 Å². The van der Waals surface area contributed by atoms with Crippen LogP contribution in [0.5, 0.6) is 5.75 Å². The summed E-state index contributed by atoms with van der Waals surface area (Å²) in [6.45, 7) is 3.02. The predicted molar refractivity (Wildman–Crippen MR) is 93.1 cm³/mol. The maximum atomic E-state index is 12.3. The number of carbonyl (C=O) groups is 1. The van der Waals surface area contributed by atoms with Crippen LogP contribution in [0.3, 0.4) is 0 Å². The van der Waals surface area contributed by atoms with Gasteiger partial charge in [-0.1, -0.05) is 18.2 Å². The van der Waals surface area contributed by atoms with Gasteiger partial charge in [0.1, 0.15) is 11.6 Å². The number of rotatable bonds is 7. The lowest BCUT2D eigenvalue weighted by Crippen LogP contribution is -2.40. The molecule has 1 heterocycles. The minimum atomic E-state index is -0.144. The SMILES string of the molecule is COc1ccccc1[C@@H](C)N(C)C(=O)NCCNc1cnccn1. The molecule has 0 saturated heterocycles. The number of methoxy groups -OCH3 is 1. The molecule has 1 aromatic carbocycles. The van der Waals surface area contributed by atoms with Crippen LogP contribution in [0, 0.1) is 0 Å². The fourth-order valence-electron chi connectivity index (χ4n) is 2.27. The third-order valence-electron chi connectivity index (χ3n) is 3.76. The Kier molecular flexibility index (Phi) is 6.36. The van der Waals surface area contributed by atoms with Crippen molar-refractivity contribution in [1.29, 1.82) is 0 Å². The summed E-state index contributed by atoms with van der Waals surface area (Å²) in [5.41, 5.74) is 0.968. The second-order valence-electron chi connectivity index (χ2n) is 5.28. The maximum absolute atomic E-state index is 12.3. The Labute approximate surface area is 142 Å². The van der Waals surface area contributed by atoms with Crippen LogP contribution < -0.4 is 15.4 Å². The first-order valence-electron chi connectivity index (χ1n) is 7.77. The van der Waals surface area contributed by atoms with Gasteiger partial charge in [-0.15, -0.1) is 0 Å². The van der Waals surface area contributed by atoms with Crippen LogP contribution in [0.1, 0.15) is 18.5 Å². The highest BCUT2D eigenvalue weighted by molar-refractivity contribution is 5.74. The lowest BCUT2D eigenvalue weighted by molar-refractivity contribution is 0.194.